The van der Waals surface area contributed by atoms with E-state index in [1.807, 2.05) is 35.2 Å². The second-order valence-corrected chi connectivity index (χ2v) is 5.93. The van der Waals surface area contributed by atoms with Gasteiger partial charge in [0.05, 0.1) is 18.1 Å². The number of benzene rings is 1. The number of nitro groups is 1. The molecule has 0 unspecified atom stereocenters. The predicted octanol–water partition coefficient (Wildman–Crippen LogP) is 2.46. The summed E-state index contributed by atoms with van der Waals surface area (Å²) < 4.78 is 10.2. The summed E-state index contributed by atoms with van der Waals surface area (Å²) in [7, 11) is 0. The van der Waals surface area contributed by atoms with Crippen LogP contribution in [-0.2, 0) is 11.2 Å². The van der Waals surface area contributed by atoms with Gasteiger partial charge in [-0.1, -0.05) is 30.3 Å². The minimum absolute atomic E-state index is 0.0150. The Morgan fingerprint density at radius 3 is 2.62 bits per heavy atom. The lowest BCUT2D eigenvalue weighted by Crippen LogP contribution is -2.41. The third-order valence-corrected chi connectivity index (χ3v) is 4.04. The smallest absolute Gasteiger partial charge is 0.417 e. The van der Waals surface area contributed by atoms with Crippen molar-refractivity contribution in [3.05, 3.63) is 68.3 Å². The van der Waals surface area contributed by atoms with E-state index in [1.54, 1.807) is 6.92 Å². The quantitative estimate of drug-likeness (QED) is 0.361. The molecule has 136 valence electrons. The molecule has 8 heteroatoms. The summed E-state index contributed by atoms with van der Waals surface area (Å²) in [6.45, 7) is 3.97. The zero-order chi connectivity index (χ0) is 18.5. The molecule has 0 saturated carbocycles. The van der Waals surface area contributed by atoms with Gasteiger partial charge in [0, 0.05) is 25.6 Å². The molecular weight excluding hydrogens is 338 g/mol. The Morgan fingerprint density at radius 1 is 1.27 bits per heavy atom. The molecule has 0 bridgehead atoms. The maximum absolute atomic E-state index is 11.9. The van der Waals surface area contributed by atoms with Crippen LogP contribution in [-0.4, -0.2) is 42.0 Å². The molecule has 1 aliphatic rings. The summed E-state index contributed by atoms with van der Waals surface area (Å²) in [6.07, 6.45) is 0.497. The summed E-state index contributed by atoms with van der Waals surface area (Å²) in [6, 6.07) is 11.1. The van der Waals surface area contributed by atoms with Crippen molar-refractivity contribution in [2.75, 3.05) is 26.3 Å². The predicted molar refractivity (Wildman–Crippen MR) is 96.0 cm³/mol. The van der Waals surface area contributed by atoms with Crippen LogP contribution in [0.15, 0.2) is 50.6 Å². The number of hydrogen-bond donors (Lipinski definition) is 0. The molecular formula is C18H19N3O5. The van der Waals surface area contributed by atoms with Gasteiger partial charge >= 0.3 is 11.3 Å². The van der Waals surface area contributed by atoms with E-state index in [4.69, 9.17) is 9.15 Å². The van der Waals surface area contributed by atoms with Crippen molar-refractivity contribution in [3.8, 4) is 0 Å². The van der Waals surface area contributed by atoms with Crippen LogP contribution in [0.5, 0.6) is 0 Å². The molecule has 3 rings (SSSR count). The lowest BCUT2D eigenvalue weighted by atomic mass is 10.1. The van der Waals surface area contributed by atoms with Gasteiger partial charge in [0.15, 0.2) is 5.69 Å². The van der Waals surface area contributed by atoms with Crippen LogP contribution in [0.2, 0.25) is 0 Å². The first kappa shape index (κ1) is 17.8. The molecule has 0 amide bonds. The number of ether oxygens (including phenoxy) is 1. The average molecular weight is 357 g/mol. The number of nitrogens with zero attached hydrogens (tertiary/aromatic N) is 3. The van der Waals surface area contributed by atoms with Gasteiger partial charge in [0.25, 0.3) is 0 Å². The van der Waals surface area contributed by atoms with Crippen molar-refractivity contribution in [2.24, 2.45) is 4.99 Å². The maximum atomic E-state index is 11.9. The average Bonchev–Trinajstić information content (AvgIpc) is 2.62. The summed E-state index contributed by atoms with van der Waals surface area (Å²) in [5.74, 6) is 0.938. The fraction of sp³-hybridized carbons (Fsp3) is 0.333. The van der Waals surface area contributed by atoms with E-state index >= 15 is 0 Å². The summed E-state index contributed by atoms with van der Waals surface area (Å²) in [5, 5.41) is 11.3. The minimum atomic E-state index is -0.991. The molecule has 1 aliphatic heterocycles. The van der Waals surface area contributed by atoms with Crippen LogP contribution in [0.25, 0.3) is 0 Å². The zero-order valence-electron chi connectivity index (χ0n) is 14.4. The minimum Gasteiger partial charge on any atom is -0.423 e. The van der Waals surface area contributed by atoms with E-state index in [9.17, 15) is 14.9 Å². The van der Waals surface area contributed by atoms with Gasteiger partial charge in [-0.15, -0.1) is 0 Å². The molecule has 2 heterocycles. The Labute approximate surface area is 149 Å². The Bertz CT molecular complexity index is 870. The number of hydrogen-bond acceptors (Lipinski definition) is 6. The van der Waals surface area contributed by atoms with Crippen molar-refractivity contribution < 1.29 is 14.1 Å². The molecule has 1 fully saturated rings. The first-order valence-corrected chi connectivity index (χ1v) is 8.28. The molecule has 1 aromatic heterocycles. The molecule has 2 aromatic rings. The van der Waals surface area contributed by atoms with Gasteiger partial charge in [0.2, 0.25) is 0 Å². The van der Waals surface area contributed by atoms with Crippen LogP contribution in [0.4, 0.5) is 11.4 Å². The van der Waals surface area contributed by atoms with E-state index in [0.717, 1.165) is 5.56 Å². The van der Waals surface area contributed by atoms with E-state index in [1.165, 1.54) is 6.07 Å². The third kappa shape index (κ3) is 4.15. The Morgan fingerprint density at radius 2 is 1.96 bits per heavy atom. The fourth-order valence-corrected chi connectivity index (χ4v) is 2.80. The molecule has 0 spiro atoms. The lowest BCUT2D eigenvalue weighted by molar-refractivity contribution is -0.386. The van der Waals surface area contributed by atoms with Crippen molar-refractivity contribution in [3.63, 3.8) is 0 Å². The van der Waals surface area contributed by atoms with Crippen molar-refractivity contribution in [1.82, 2.24) is 4.90 Å². The van der Waals surface area contributed by atoms with Gasteiger partial charge in [-0.05, 0) is 12.5 Å². The highest BCUT2D eigenvalue weighted by molar-refractivity contribution is 5.88. The topological polar surface area (TPSA) is 98.2 Å². The summed E-state index contributed by atoms with van der Waals surface area (Å²) in [5.41, 5.74) is -0.592. The summed E-state index contributed by atoms with van der Waals surface area (Å²) in [4.78, 5) is 29.0. The summed E-state index contributed by atoms with van der Waals surface area (Å²) >= 11 is 0. The van der Waals surface area contributed by atoms with E-state index in [-0.39, 0.29) is 11.4 Å². The van der Waals surface area contributed by atoms with E-state index in [2.05, 4.69) is 4.99 Å². The van der Waals surface area contributed by atoms with Gasteiger partial charge in [-0.25, -0.2) is 9.79 Å². The van der Waals surface area contributed by atoms with Crippen molar-refractivity contribution in [1.29, 1.82) is 0 Å². The Hall–Kier alpha value is -3.00. The first-order chi connectivity index (χ1) is 12.5. The highest BCUT2D eigenvalue weighted by Gasteiger charge is 2.24. The number of morpholine rings is 1. The normalized spacial score (nSPS) is 15.1. The molecule has 0 radical (unpaired) electrons. The van der Waals surface area contributed by atoms with Gasteiger partial charge in [-0.3, -0.25) is 10.1 Å². The monoisotopic (exact) mass is 357 g/mol. The van der Waals surface area contributed by atoms with Crippen molar-refractivity contribution in [2.45, 2.75) is 13.3 Å². The highest BCUT2D eigenvalue weighted by atomic mass is 16.6. The Kier molecular flexibility index (Phi) is 5.43. The maximum Gasteiger partial charge on any atom is 0.417 e. The molecule has 8 nitrogen and oxygen atoms in total. The Balaban J connectivity index is 2.06. The molecule has 0 N–H and O–H groups in total. The van der Waals surface area contributed by atoms with Crippen LogP contribution >= 0.6 is 0 Å². The van der Waals surface area contributed by atoms with E-state index in [0.29, 0.717) is 38.6 Å². The first-order valence-electron chi connectivity index (χ1n) is 8.28. The third-order valence-electron chi connectivity index (χ3n) is 4.04. The van der Waals surface area contributed by atoms with Crippen LogP contribution in [0, 0.1) is 17.0 Å². The van der Waals surface area contributed by atoms with Crippen molar-refractivity contribution >= 4 is 17.2 Å². The van der Waals surface area contributed by atoms with Crippen LogP contribution in [0.3, 0.4) is 0 Å². The van der Waals surface area contributed by atoms with Gasteiger partial charge in [-0.2, -0.15) is 0 Å². The fourth-order valence-electron chi connectivity index (χ4n) is 2.80. The standard InChI is InChI=1S/C18H19N3O5/c1-13-11-15(17(21(23)24)18(22)26-13)19-16(20-7-9-25-10-8-20)12-14-5-3-2-4-6-14/h2-6,11H,7-10,12H2,1H3. The number of rotatable bonds is 4. The highest BCUT2D eigenvalue weighted by Crippen LogP contribution is 2.25. The number of aliphatic imine (C=N–C) groups is 1. The zero-order valence-corrected chi connectivity index (χ0v) is 14.4. The molecule has 0 aliphatic carbocycles. The van der Waals surface area contributed by atoms with Crippen LogP contribution < -0.4 is 5.63 Å². The van der Waals surface area contributed by atoms with Gasteiger partial charge in [0.1, 0.15) is 11.6 Å². The second kappa shape index (κ2) is 7.92. The largest absolute Gasteiger partial charge is 0.423 e. The van der Waals surface area contributed by atoms with Gasteiger partial charge < -0.3 is 14.1 Å². The number of aryl methyl sites for hydroxylation is 1. The number of amidine groups is 1. The van der Waals surface area contributed by atoms with E-state index < -0.39 is 16.2 Å². The van der Waals surface area contributed by atoms with Crippen LogP contribution in [0.1, 0.15) is 11.3 Å². The molecule has 0 atom stereocenters. The second-order valence-electron chi connectivity index (χ2n) is 5.93. The molecule has 1 aromatic carbocycles. The molecule has 26 heavy (non-hydrogen) atoms. The lowest BCUT2D eigenvalue weighted by Gasteiger charge is -2.30. The molecule has 1 saturated heterocycles. The SMILES string of the molecule is Cc1cc(N=C(Cc2ccccc2)N2CCOCC2)c([N+](=O)[O-])c(=O)o1.